The Bertz CT molecular complexity index is 979. The van der Waals surface area contributed by atoms with E-state index < -0.39 is 0 Å². The van der Waals surface area contributed by atoms with Crippen LogP contribution in [0, 0.1) is 5.92 Å². The molecule has 156 valence electrons. The molecule has 0 saturated carbocycles. The van der Waals surface area contributed by atoms with Gasteiger partial charge in [-0.3, -0.25) is 9.79 Å². The van der Waals surface area contributed by atoms with Gasteiger partial charge >= 0.3 is 0 Å². The predicted octanol–water partition coefficient (Wildman–Crippen LogP) is 3.19. The summed E-state index contributed by atoms with van der Waals surface area (Å²) in [5, 5.41) is 7.73. The number of para-hydroxylation sites is 1. The first kappa shape index (κ1) is 20.0. The zero-order chi connectivity index (χ0) is 20.8. The van der Waals surface area contributed by atoms with Crippen LogP contribution in [0.25, 0.3) is 11.0 Å². The number of benzene rings is 2. The van der Waals surface area contributed by atoms with Crippen molar-refractivity contribution in [1.82, 2.24) is 15.5 Å². The molecule has 30 heavy (non-hydrogen) atoms. The standard InChI is InChI=1S/C24H28N4O2/c1-25-24(27-16-21-14-20-9-5-6-10-22(20)30-21)26-15-19-13-23(29)28(17-19)12-11-18-7-3-2-4-8-18/h2-10,14,19H,11-13,15-17H2,1H3,(H2,25,26,27). The lowest BCUT2D eigenvalue weighted by Gasteiger charge is -2.17. The number of aliphatic imine (C=N–C) groups is 1. The third-order valence-corrected chi connectivity index (χ3v) is 5.50. The molecule has 1 aliphatic rings. The minimum absolute atomic E-state index is 0.239. The molecule has 1 atom stereocenters. The highest BCUT2D eigenvalue weighted by Crippen LogP contribution is 2.19. The Hall–Kier alpha value is -3.28. The van der Waals surface area contributed by atoms with Crippen molar-refractivity contribution in [3.8, 4) is 0 Å². The molecule has 1 aromatic heterocycles. The number of hydrogen-bond acceptors (Lipinski definition) is 3. The summed E-state index contributed by atoms with van der Waals surface area (Å²) in [6.07, 6.45) is 1.48. The lowest BCUT2D eigenvalue weighted by molar-refractivity contribution is -0.127. The first-order valence-corrected chi connectivity index (χ1v) is 10.4. The topological polar surface area (TPSA) is 69.9 Å². The number of hydrogen-bond donors (Lipinski definition) is 2. The SMILES string of the molecule is CN=C(NCc1cc2ccccc2o1)NCC1CC(=O)N(CCc2ccccc2)C1. The monoisotopic (exact) mass is 404 g/mol. The molecular formula is C24H28N4O2. The van der Waals surface area contributed by atoms with Gasteiger partial charge in [-0.1, -0.05) is 48.5 Å². The van der Waals surface area contributed by atoms with Crippen LogP contribution in [0.4, 0.5) is 0 Å². The Morgan fingerprint density at radius 3 is 2.73 bits per heavy atom. The van der Waals surface area contributed by atoms with Gasteiger partial charge in [0.15, 0.2) is 5.96 Å². The highest BCUT2D eigenvalue weighted by atomic mass is 16.3. The maximum atomic E-state index is 12.4. The summed E-state index contributed by atoms with van der Waals surface area (Å²) in [6.45, 7) is 2.84. The normalized spacial score (nSPS) is 17.0. The van der Waals surface area contributed by atoms with Gasteiger partial charge in [0.25, 0.3) is 0 Å². The van der Waals surface area contributed by atoms with Crippen molar-refractivity contribution in [2.75, 3.05) is 26.7 Å². The fourth-order valence-corrected chi connectivity index (χ4v) is 3.87. The molecule has 6 nitrogen and oxygen atoms in total. The molecule has 0 aliphatic carbocycles. The Morgan fingerprint density at radius 2 is 1.93 bits per heavy atom. The molecule has 2 N–H and O–H groups in total. The Kier molecular flexibility index (Phi) is 6.32. The molecule has 1 unspecified atom stereocenters. The molecule has 0 bridgehead atoms. The predicted molar refractivity (Wildman–Crippen MR) is 119 cm³/mol. The smallest absolute Gasteiger partial charge is 0.223 e. The third kappa shape index (κ3) is 5.00. The number of nitrogens with one attached hydrogen (secondary N) is 2. The molecule has 1 aliphatic heterocycles. The van der Waals surface area contributed by atoms with Crippen LogP contribution in [0.3, 0.4) is 0 Å². The number of carbonyl (C=O) groups is 1. The van der Waals surface area contributed by atoms with E-state index in [2.05, 4.69) is 27.8 Å². The van der Waals surface area contributed by atoms with Gasteiger partial charge in [-0.25, -0.2) is 0 Å². The van der Waals surface area contributed by atoms with E-state index in [1.54, 1.807) is 7.05 Å². The van der Waals surface area contributed by atoms with Crippen molar-refractivity contribution < 1.29 is 9.21 Å². The van der Waals surface area contributed by atoms with Gasteiger partial charge in [0, 0.05) is 44.4 Å². The molecule has 0 spiro atoms. The maximum absolute atomic E-state index is 12.4. The van der Waals surface area contributed by atoms with E-state index in [1.807, 2.05) is 53.4 Å². The van der Waals surface area contributed by atoms with E-state index in [0.29, 0.717) is 25.5 Å². The molecule has 4 rings (SSSR count). The number of furan rings is 1. The molecule has 1 saturated heterocycles. The minimum atomic E-state index is 0.239. The summed E-state index contributed by atoms with van der Waals surface area (Å²) in [5.74, 6) is 2.11. The van der Waals surface area contributed by atoms with Crippen LogP contribution >= 0.6 is 0 Å². The average Bonchev–Trinajstić information content (AvgIpc) is 3.35. The Labute approximate surface area is 177 Å². The van der Waals surface area contributed by atoms with Crippen molar-refractivity contribution in [2.45, 2.75) is 19.4 Å². The summed E-state index contributed by atoms with van der Waals surface area (Å²) in [7, 11) is 1.75. The minimum Gasteiger partial charge on any atom is -0.459 e. The van der Waals surface area contributed by atoms with Gasteiger partial charge in [-0.05, 0) is 24.1 Å². The molecule has 1 fully saturated rings. The number of amides is 1. The fourth-order valence-electron chi connectivity index (χ4n) is 3.87. The second kappa shape index (κ2) is 9.48. The van der Waals surface area contributed by atoms with E-state index in [-0.39, 0.29) is 11.8 Å². The van der Waals surface area contributed by atoms with E-state index in [9.17, 15) is 4.79 Å². The molecular weight excluding hydrogens is 376 g/mol. The second-order valence-electron chi connectivity index (χ2n) is 7.70. The van der Waals surface area contributed by atoms with Crippen molar-refractivity contribution >= 4 is 22.8 Å². The maximum Gasteiger partial charge on any atom is 0.223 e. The van der Waals surface area contributed by atoms with E-state index in [0.717, 1.165) is 36.2 Å². The highest BCUT2D eigenvalue weighted by Gasteiger charge is 2.29. The van der Waals surface area contributed by atoms with Gasteiger partial charge < -0.3 is 20.0 Å². The van der Waals surface area contributed by atoms with Crippen molar-refractivity contribution in [1.29, 1.82) is 0 Å². The van der Waals surface area contributed by atoms with E-state index >= 15 is 0 Å². The van der Waals surface area contributed by atoms with E-state index in [4.69, 9.17) is 4.42 Å². The van der Waals surface area contributed by atoms with Crippen LogP contribution in [0.2, 0.25) is 0 Å². The van der Waals surface area contributed by atoms with Crippen molar-refractivity contribution in [2.24, 2.45) is 10.9 Å². The van der Waals surface area contributed by atoms with Crippen molar-refractivity contribution in [3.63, 3.8) is 0 Å². The highest BCUT2D eigenvalue weighted by molar-refractivity contribution is 5.81. The molecule has 2 heterocycles. The van der Waals surface area contributed by atoms with Crippen LogP contribution in [-0.2, 0) is 17.8 Å². The van der Waals surface area contributed by atoms with Crippen LogP contribution in [0.15, 0.2) is 70.1 Å². The number of carbonyl (C=O) groups excluding carboxylic acids is 1. The van der Waals surface area contributed by atoms with Crippen LogP contribution in [0.5, 0.6) is 0 Å². The van der Waals surface area contributed by atoms with Gasteiger partial charge in [-0.15, -0.1) is 0 Å². The molecule has 2 aromatic carbocycles. The average molecular weight is 405 g/mol. The zero-order valence-electron chi connectivity index (χ0n) is 17.3. The second-order valence-corrected chi connectivity index (χ2v) is 7.70. The lowest BCUT2D eigenvalue weighted by Crippen LogP contribution is -2.40. The molecule has 0 radical (unpaired) electrons. The first-order valence-electron chi connectivity index (χ1n) is 10.4. The summed E-state index contributed by atoms with van der Waals surface area (Å²) in [5.41, 5.74) is 2.15. The van der Waals surface area contributed by atoms with Gasteiger partial charge in [0.05, 0.1) is 6.54 Å². The van der Waals surface area contributed by atoms with Gasteiger partial charge in [0.2, 0.25) is 5.91 Å². The first-order chi connectivity index (χ1) is 14.7. The quantitative estimate of drug-likeness (QED) is 0.469. The summed E-state index contributed by atoms with van der Waals surface area (Å²) in [4.78, 5) is 18.6. The molecule has 6 heteroatoms. The zero-order valence-corrected chi connectivity index (χ0v) is 17.3. The fraction of sp³-hybridized carbons (Fsp3) is 0.333. The lowest BCUT2D eigenvalue weighted by atomic mass is 10.1. The number of fused-ring (bicyclic) bond motifs is 1. The third-order valence-electron chi connectivity index (χ3n) is 5.50. The van der Waals surface area contributed by atoms with Crippen molar-refractivity contribution in [3.05, 3.63) is 72.0 Å². The number of guanidine groups is 1. The van der Waals surface area contributed by atoms with Gasteiger partial charge in [0.1, 0.15) is 11.3 Å². The summed E-state index contributed by atoms with van der Waals surface area (Å²) in [6, 6.07) is 20.3. The number of rotatable bonds is 7. The number of likely N-dealkylation sites (tertiary alicyclic amines) is 1. The van der Waals surface area contributed by atoms with Crippen LogP contribution < -0.4 is 10.6 Å². The van der Waals surface area contributed by atoms with Crippen LogP contribution in [0.1, 0.15) is 17.7 Å². The van der Waals surface area contributed by atoms with Gasteiger partial charge in [-0.2, -0.15) is 0 Å². The molecule has 3 aromatic rings. The van der Waals surface area contributed by atoms with Crippen LogP contribution in [-0.4, -0.2) is 43.4 Å². The molecule has 1 amide bonds. The number of nitrogens with zero attached hydrogens (tertiary/aromatic N) is 2. The summed E-state index contributed by atoms with van der Waals surface area (Å²) < 4.78 is 5.84. The summed E-state index contributed by atoms with van der Waals surface area (Å²) >= 11 is 0. The Morgan fingerprint density at radius 1 is 1.13 bits per heavy atom. The Balaban J connectivity index is 1.22. The largest absolute Gasteiger partial charge is 0.459 e. The van der Waals surface area contributed by atoms with E-state index in [1.165, 1.54) is 5.56 Å².